The summed E-state index contributed by atoms with van der Waals surface area (Å²) in [6.45, 7) is 1.57. The maximum atomic E-state index is 14.4. The second-order valence-electron chi connectivity index (χ2n) is 7.26. The number of nitrogens with zero attached hydrogens (tertiary/aromatic N) is 3. The molecule has 1 amide bonds. The molecule has 0 radical (unpaired) electrons. The summed E-state index contributed by atoms with van der Waals surface area (Å²) in [5, 5.41) is 1.85. The van der Waals surface area contributed by atoms with Crippen molar-refractivity contribution >= 4 is 22.2 Å². The maximum Gasteiger partial charge on any atom is 0.255 e. The molecular weight excluding hydrogens is 353 g/mol. The van der Waals surface area contributed by atoms with E-state index in [1.807, 2.05) is 39.8 Å². The average molecular weight is 373 g/mol. The lowest BCUT2D eigenvalue weighted by Gasteiger charge is -2.27. The Morgan fingerprint density at radius 2 is 1.64 bits per heavy atom. The minimum Gasteiger partial charge on any atom is -0.339 e. The number of halogens is 1. The van der Waals surface area contributed by atoms with Gasteiger partial charge in [-0.25, -0.2) is 9.37 Å². The molecule has 140 valence electrons. The summed E-state index contributed by atoms with van der Waals surface area (Å²) in [6, 6.07) is 14.5. The first-order valence-electron chi connectivity index (χ1n) is 9.67. The molecule has 1 saturated heterocycles. The van der Waals surface area contributed by atoms with E-state index in [0.717, 1.165) is 42.2 Å². The van der Waals surface area contributed by atoms with Crippen molar-refractivity contribution in [2.45, 2.75) is 19.3 Å². The van der Waals surface area contributed by atoms with Crippen LogP contribution in [0.25, 0.3) is 27.7 Å². The van der Waals surface area contributed by atoms with Crippen LogP contribution in [-0.4, -0.2) is 33.3 Å². The minimum absolute atomic E-state index is 0.0333. The lowest BCUT2D eigenvalue weighted by molar-refractivity contribution is 0.0726. The number of amides is 1. The molecule has 2 aromatic heterocycles. The van der Waals surface area contributed by atoms with Crippen molar-refractivity contribution in [3.63, 3.8) is 0 Å². The van der Waals surface area contributed by atoms with E-state index < -0.39 is 0 Å². The summed E-state index contributed by atoms with van der Waals surface area (Å²) in [6.07, 6.45) is 6.82. The molecule has 0 bridgehead atoms. The molecule has 0 N–H and O–H groups in total. The zero-order chi connectivity index (χ0) is 19.1. The molecule has 5 rings (SSSR count). The zero-order valence-corrected chi connectivity index (χ0v) is 15.4. The van der Waals surface area contributed by atoms with Crippen LogP contribution in [-0.2, 0) is 0 Å². The molecule has 1 aliphatic heterocycles. The zero-order valence-electron chi connectivity index (χ0n) is 15.4. The van der Waals surface area contributed by atoms with Gasteiger partial charge in [-0.1, -0.05) is 36.4 Å². The second kappa shape index (κ2) is 6.75. The van der Waals surface area contributed by atoms with Crippen molar-refractivity contribution in [1.82, 2.24) is 14.3 Å². The van der Waals surface area contributed by atoms with Crippen molar-refractivity contribution in [3.8, 4) is 11.4 Å². The third kappa shape index (κ3) is 2.66. The van der Waals surface area contributed by atoms with E-state index in [1.54, 1.807) is 24.4 Å². The van der Waals surface area contributed by atoms with Crippen LogP contribution >= 0.6 is 0 Å². The standard InChI is InChI=1S/C23H20FN3O/c24-20-11-5-4-10-18(20)22-25-14-21-17-9-3-2-8-16(17)19(15-27(21)22)23(28)26-12-6-1-7-13-26/h2-5,8-11,14-15H,1,6-7,12-13H2. The van der Waals surface area contributed by atoms with Gasteiger partial charge in [0.25, 0.3) is 5.91 Å². The Balaban J connectivity index is 1.76. The Labute approximate surface area is 162 Å². The Kier molecular flexibility index (Phi) is 4.08. The molecule has 0 spiro atoms. The summed E-state index contributed by atoms with van der Waals surface area (Å²) in [4.78, 5) is 19.7. The van der Waals surface area contributed by atoms with E-state index in [9.17, 15) is 9.18 Å². The number of benzene rings is 2. The molecule has 0 saturated carbocycles. The molecule has 3 heterocycles. The highest BCUT2D eigenvalue weighted by molar-refractivity contribution is 6.11. The number of carbonyl (C=O) groups excluding carboxylic acids is 1. The molecule has 1 fully saturated rings. The van der Waals surface area contributed by atoms with Crippen LogP contribution in [0.2, 0.25) is 0 Å². The average Bonchev–Trinajstić information content (AvgIpc) is 3.17. The summed E-state index contributed by atoms with van der Waals surface area (Å²) in [7, 11) is 0. The molecule has 0 atom stereocenters. The van der Waals surface area contributed by atoms with E-state index >= 15 is 0 Å². The molecule has 4 aromatic rings. The van der Waals surface area contributed by atoms with Crippen LogP contribution in [0.5, 0.6) is 0 Å². The fourth-order valence-corrected chi connectivity index (χ4v) is 4.11. The van der Waals surface area contributed by atoms with Gasteiger partial charge in [0.1, 0.15) is 11.6 Å². The number of imidazole rings is 1. The predicted octanol–water partition coefficient (Wildman–Crippen LogP) is 4.92. The topological polar surface area (TPSA) is 37.6 Å². The Hall–Kier alpha value is -3.21. The molecular formula is C23H20FN3O. The van der Waals surface area contributed by atoms with E-state index in [0.29, 0.717) is 17.0 Å². The van der Waals surface area contributed by atoms with Gasteiger partial charge >= 0.3 is 0 Å². The van der Waals surface area contributed by atoms with Crippen LogP contribution < -0.4 is 0 Å². The van der Waals surface area contributed by atoms with Crippen molar-refractivity contribution in [2.24, 2.45) is 0 Å². The van der Waals surface area contributed by atoms with Gasteiger partial charge in [-0.3, -0.25) is 9.20 Å². The van der Waals surface area contributed by atoms with Crippen LogP contribution in [0, 0.1) is 5.82 Å². The smallest absolute Gasteiger partial charge is 0.255 e. The van der Waals surface area contributed by atoms with Gasteiger partial charge in [-0.2, -0.15) is 0 Å². The van der Waals surface area contributed by atoms with Crippen LogP contribution in [0.3, 0.4) is 0 Å². The van der Waals surface area contributed by atoms with Crippen LogP contribution in [0.15, 0.2) is 60.9 Å². The van der Waals surface area contributed by atoms with Gasteiger partial charge in [0, 0.05) is 24.7 Å². The van der Waals surface area contributed by atoms with E-state index in [1.165, 1.54) is 12.5 Å². The lowest BCUT2D eigenvalue weighted by Crippen LogP contribution is -2.35. The Morgan fingerprint density at radius 1 is 0.929 bits per heavy atom. The lowest BCUT2D eigenvalue weighted by atomic mass is 10.0. The number of rotatable bonds is 2. The minimum atomic E-state index is -0.327. The molecule has 0 unspecified atom stereocenters. The van der Waals surface area contributed by atoms with E-state index in [4.69, 9.17) is 0 Å². The quantitative estimate of drug-likeness (QED) is 0.500. The number of fused-ring (bicyclic) bond motifs is 3. The monoisotopic (exact) mass is 373 g/mol. The number of aromatic nitrogens is 2. The Morgan fingerprint density at radius 3 is 2.43 bits per heavy atom. The number of pyridine rings is 1. The van der Waals surface area contributed by atoms with Crippen molar-refractivity contribution < 1.29 is 9.18 Å². The molecule has 28 heavy (non-hydrogen) atoms. The summed E-state index contributed by atoms with van der Waals surface area (Å²) < 4.78 is 16.3. The summed E-state index contributed by atoms with van der Waals surface area (Å²) in [5.74, 6) is 0.213. The van der Waals surface area contributed by atoms with Crippen molar-refractivity contribution in [2.75, 3.05) is 13.1 Å². The first-order valence-corrected chi connectivity index (χ1v) is 9.67. The van der Waals surface area contributed by atoms with Gasteiger partial charge in [-0.15, -0.1) is 0 Å². The number of hydrogen-bond donors (Lipinski definition) is 0. The van der Waals surface area contributed by atoms with Crippen molar-refractivity contribution in [3.05, 3.63) is 72.3 Å². The second-order valence-corrected chi connectivity index (χ2v) is 7.26. The third-order valence-electron chi connectivity index (χ3n) is 5.54. The van der Waals surface area contributed by atoms with E-state index in [2.05, 4.69) is 4.98 Å². The van der Waals surface area contributed by atoms with Gasteiger partial charge in [0.05, 0.1) is 22.8 Å². The Bertz CT molecular complexity index is 1190. The third-order valence-corrected chi connectivity index (χ3v) is 5.54. The fourth-order valence-electron chi connectivity index (χ4n) is 4.11. The van der Waals surface area contributed by atoms with Gasteiger partial charge in [0.15, 0.2) is 0 Å². The molecule has 2 aromatic carbocycles. The summed E-state index contributed by atoms with van der Waals surface area (Å²) in [5.41, 5.74) is 1.93. The number of carbonyl (C=O) groups is 1. The highest BCUT2D eigenvalue weighted by Crippen LogP contribution is 2.30. The highest BCUT2D eigenvalue weighted by atomic mass is 19.1. The molecule has 1 aliphatic rings. The highest BCUT2D eigenvalue weighted by Gasteiger charge is 2.22. The molecule has 0 aliphatic carbocycles. The van der Waals surface area contributed by atoms with Gasteiger partial charge in [0.2, 0.25) is 0 Å². The first kappa shape index (κ1) is 16.9. The van der Waals surface area contributed by atoms with E-state index in [-0.39, 0.29) is 11.7 Å². The molecule has 5 heteroatoms. The molecule has 4 nitrogen and oxygen atoms in total. The van der Waals surface area contributed by atoms with Crippen molar-refractivity contribution in [1.29, 1.82) is 0 Å². The predicted molar refractivity (Wildman–Crippen MR) is 108 cm³/mol. The maximum absolute atomic E-state index is 14.4. The normalized spacial score (nSPS) is 14.7. The van der Waals surface area contributed by atoms with Gasteiger partial charge in [-0.05, 0) is 36.8 Å². The number of likely N-dealkylation sites (tertiary alicyclic amines) is 1. The summed E-state index contributed by atoms with van der Waals surface area (Å²) >= 11 is 0. The fraction of sp³-hybridized carbons (Fsp3) is 0.217. The van der Waals surface area contributed by atoms with Crippen LogP contribution in [0.4, 0.5) is 4.39 Å². The number of piperidine rings is 1. The van der Waals surface area contributed by atoms with Crippen LogP contribution in [0.1, 0.15) is 29.6 Å². The SMILES string of the molecule is O=C(c1cn2c(-c3ccccc3F)ncc2c2ccccc12)N1CCCCC1. The largest absolute Gasteiger partial charge is 0.339 e. The van der Waals surface area contributed by atoms with Gasteiger partial charge < -0.3 is 4.90 Å². The number of hydrogen-bond acceptors (Lipinski definition) is 2. The first-order chi connectivity index (χ1) is 13.7.